The fourth-order valence-corrected chi connectivity index (χ4v) is 0.765. The van der Waals surface area contributed by atoms with Crippen LogP contribution >= 0.6 is 0 Å². The average Bonchev–Trinajstić information content (AvgIpc) is 1.88. The molecule has 0 bridgehead atoms. The second kappa shape index (κ2) is 3.72. The number of hydrogen-bond acceptors (Lipinski definition) is 2. The highest BCUT2D eigenvalue weighted by Gasteiger charge is 2.32. The summed E-state index contributed by atoms with van der Waals surface area (Å²) in [6, 6.07) is 0. The zero-order valence-electron chi connectivity index (χ0n) is 7.29. The lowest BCUT2D eigenvalue weighted by Gasteiger charge is -2.26. The van der Waals surface area contributed by atoms with Gasteiger partial charge in [-0.1, -0.05) is 6.92 Å². The van der Waals surface area contributed by atoms with Crippen LogP contribution in [0.15, 0.2) is 0 Å². The van der Waals surface area contributed by atoms with Crippen molar-refractivity contribution in [2.24, 2.45) is 11.3 Å². The molecule has 2 N–H and O–H groups in total. The van der Waals surface area contributed by atoms with E-state index in [9.17, 15) is 4.79 Å². The first-order valence-corrected chi connectivity index (χ1v) is 3.77. The Hall–Kier alpha value is -0.570. The maximum absolute atomic E-state index is 10.7. The number of carbonyl (C=O) groups is 1. The molecule has 3 heteroatoms. The maximum Gasteiger partial charge on any atom is 0.309 e. The van der Waals surface area contributed by atoms with E-state index in [-0.39, 0.29) is 12.5 Å². The number of rotatable bonds is 4. The quantitative estimate of drug-likeness (QED) is 0.647. The number of carboxylic acids is 1. The van der Waals surface area contributed by atoms with Crippen LogP contribution in [-0.4, -0.2) is 22.8 Å². The third-order valence-electron chi connectivity index (χ3n) is 2.35. The van der Waals surface area contributed by atoms with Crippen molar-refractivity contribution in [3.05, 3.63) is 0 Å². The van der Waals surface area contributed by atoms with E-state index < -0.39 is 11.4 Å². The van der Waals surface area contributed by atoms with Crippen LogP contribution in [0.4, 0.5) is 0 Å². The minimum Gasteiger partial charge on any atom is -0.481 e. The van der Waals surface area contributed by atoms with Crippen LogP contribution < -0.4 is 0 Å². The molecular weight excluding hydrogens is 144 g/mol. The van der Waals surface area contributed by atoms with Crippen molar-refractivity contribution in [3.63, 3.8) is 0 Å². The van der Waals surface area contributed by atoms with Crippen molar-refractivity contribution < 1.29 is 15.0 Å². The molecule has 66 valence electrons. The number of carboxylic acid groups (broad SMARTS) is 1. The van der Waals surface area contributed by atoms with E-state index in [1.165, 1.54) is 0 Å². The summed E-state index contributed by atoms with van der Waals surface area (Å²) in [6.45, 7) is 5.24. The standard InChI is InChI=1S/C8H16O3/c1-6(4-5-9)8(2,3)7(10)11/h6,9H,4-5H2,1-3H3,(H,10,11). The van der Waals surface area contributed by atoms with Crippen LogP contribution in [0.2, 0.25) is 0 Å². The molecule has 0 saturated heterocycles. The summed E-state index contributed by atoms with van der Waals surface area (Å²) in [4.78, 5) is 10.7. The zero-order valence-corrected chi connectivity index (χ0v) is 7.29. The van der Waals surface area contributed by atoms with Crippen molar-refractivity contribution in [2.75, 3.05) is 6.61 Å². The average molecular weight is 160 g/mol. The molecule has 3 nitrogen and oxygen atoms in total. The molecule has 0 aromatic rings. The Morgan fingerprint density at radius 3 is 2.27 bits per heavy atom. The molecule has 0 saturated carbocycles. The summed E-state index contributed by atoms with van der Waals surface area (Å²) in [5.41, 5.74) is -0.733. The molecule has 0 aliphatic rings. The molecule has 0 radical (unpaired) electrons. The van der Waals surface area contributed by atoms with Gasteiger partial charge in [0.2, 0.25) is 0 Å². The smallest absolute Gasteiger partial charge is 0.309 e. The van der Waals surface area contributed by atoms with Crippen LogP contribution in [0, 0.1) is 11.3 Å². The fourth-order valence-electron chi connectivity index (χ4n) is 0.765. The van der Waals surface area contributed by atoms with E-state index in [1.807, 2.05) is 6.92 Å². The van der Waals surface area contributed by atoms with Crippen LogP contribution in [0.25, 0.3) is 0 Å². The lowest BCUT2D eigenvalue weighted by molar-refractivity contribution is -0.150. The second-order valence-electron chi connectivity index (χ2n) is 3.44. The first-order chi connectivity index (χ1) is 4.92. The van der Waals surface area contributed by atoms with Gasteiger partial charge in [0.05, 0.1) is 5.41 Å². The summed E-state index contributed by atoms with van der Waals surface area (Å²) < 4.78 is 0. The third kappa shape index (κ3) is 2.50. The van der Waals surface area contributed by atoms with Crippen molar-refractivity contribution in [1.82, 2.24) is 0 Å². The van der Waals surface area contributed by atoms with Gasteiger partial charge in [-0.25, -0.2) is 0 Å². The van der Waals surface area contributed by atoms with Gasteiger partial charge < -0.3 is 10.2 Å². The van der Waals surface area contributed by atoms with Crippen LogP contribution in [0.3, 0.4) is 0 Å². The molecule has 0 rings (SSSR count). The molecule has 0 amide bonds. The number of aliphatic carboxylic acids is 1. The Kier molecular flexibility index (Phi) is 3.52. The minimum absolute atomic E-state index is 0.00463. The predicted molar refractivity (Wildman–Crippen MR) is 42.3 cm³/mol. The van der Waals surface area contributed by atoms with Gasteiger partial charge in [-0.15, -0.1) is 0 Å². The third-order valence-corrected chi connectivity index (χ3v) is 2.35. The van der Waals surface area contributed by atoms with Crippen LogP contribution in [0.1, 0.15) is 27.2 Å². The van der Waals surface area contributed by atoms with E-state index in [2.05, 4.69) is 0 Å². The van der Waals surface area contributed by atoms with Crippen LogP contribution in [0.5, 0.6) is 0 Å². The fraction of sp³-hybridized carbons (Fsp3) is 0.875. The van der Waals surface area contributed by atoms with Crippen molar-refractivity contribution in [3.8, 4) is 0 Å². The van der Waals surface area contributed by atoms with E-state index in [1.54, 1.807) is 13.8 Å². The van der Waals surface area contributed by atoms with E-state index in [4.69, 9.17) is 10.2 Å². The molecule has 0 aromatic heterocycles. The lowest BCUT2D eigenvalue weighted by Crippen LogP contribution is -2.31. The van der Waals surface area contributed by atoms with Gasteiger partial charge in [-0.2, -0.15) is 0 Å². The highest BCUT2D eigenvalue weighted by atomic mass is 16.4. The monoisotopic (exact) mass is 160 g/mol. The molecule has 0 aromatic carbocycles. The SMILES string of the molecule is CC(CCO)C(C)(C)C(=O)O. The Morgan fingerprint density at radius 1 is 1.55 bits per heavy atom. The van der Waals surface area contributed by atoms with E-state index in [0.29, 0.717) is 6.42 Å². The van der Waals surface area contributed by atoms with Crippen molar-refractivity contribution in [2.45, 2.75) is 27.2 Å². The molecule has 1 atom stereocenters. The molecule has 0 aliphatic carbocycles. The summed E-state index contributed by atoms with van der Waals surface area (Å²) in [6.07, 6.45) is 0.541. The number of aliphatic hydroxyl groups excluding tert-OH is 1. The maximum atomic E-state index is 10.7. The van der Waals surface area contributed by atoms with E-state index in [0.717, 1.165) is 0 Å². The minimum atomic E-state index is -0.807. The Balaban J connectivity index is 4.17. The number of aliphatic hydroxyl groups is 1. The van der Waals surface area contributed by atoms with Gasteiger partial charge in [0.1, 0.15) is 0 Å². The normalized spacial score (nSPS) is 14.5. The summed E-state index contributed by atoms with van der Waals surface area (Å²) in [5, 5.41) is 17.3. The van der Waals surface area contributed by atoms with Crippen molar-refractivity contribution >= 4 is 5.97 Å². The molecule has 0 spiro atoms. The molecule has 0 fully saturated rings. The second-order valence-corrected chi connectivity index (χ2v) is 3.44. The summed E-state index contributed by atoms with van der Waals surface area (Å²) in [7, 11) is 0. The molecular formula is C8H16O3. The number of hydrogen-bond donors (Lipinski definition) is 2. The predicted octanol–water partition coefficient (Wildman–Crippen LogP) is 1.12. The van der Waals surface area contributed by atoms with Gasteiger partial charge in [0.25, 0.3) is 0 Å². The van der Waals surface area contributed by atoms with Crippen LogP contribution in [-0.2, 0) is 4.79 Å². The lowest BCUT2D eigenvalue weighted by atomic mass is 9.78. The molecule has 0 heterocycles. The molecule has 1 unspecified atom stereocenters. The zero-order chi connectivity index (χ0) is 9.07. The first-order valence-electron chi connectivity index (χ1n) is 3.77. The van der Waals surface area contributed by atoms with Crippen molar-refractivity contribution in [1.29, 1.82) is 0 Å². The largest absolute Gasteiger partial charge is 0.481 e. The Morgan fingerprint density at radius 2 is 2.00 bits per heavy atom. The topological polar surface area (TPSA) is 57.5 Å². The summed E-state index contributed by atoms with van der Waals surface area (Å²) >= 11 is 0. The highest BCUT2D eigenvalue weighted by molar-refractivity contribution is 5.73. The Bertz CT molecular complexity index is 140. The summed E-state index contributed by atoms with van der Waals surface area (Å²) in [5.74, 6) is -0.802. The van der Waals surface area contributed by atoms with Gasteiger partial charge >= 0.3 is 5.97 Å². The van der Waals surface area contributed by atoms with Gasteiger partial charge in [-0.3, -0.25) is 4.79 Å². The molecule has 0 aliphatic heterocycles. The molecule has 11 heavy (non-hydrogen) atoms. The van der Waals surface area contributed by atoms with Gasteiger partial charge in [0, 0.05) is 6.61 Å². The highest BCUT2D eigenvalue weighted by Crippen LogP contribution is 2.28. The van der Waals surface area contributed by atoms with Gasteiger partial charge in [0.15, 0.2) is 0 Å². The Labute approximate surface area is 67.0 Å². The van der Waals surface area contributed by atoms with Gasteiger partial charge in [-0.05, 0) is 26.2 Å². The first kappa shape index (κ1) is 10.4. The van der Waals surface area contributed by atoms with E-state index >= 15 is 0 Å².